The van der Waals surface area contributed by atoms with Gasteiger partial charge in [0.15, 0.2) is 17.3 Å². The number of allylic oxidation sites excluding steroid dienone is 2. The van der Waals surface area contributed by atoms with Crippen LogP contribution < -0.4 is 10.2 Å². The highest BCUT2D eigenvalue weighted by atomic mass is 19.4. The van der Waals surface area contributed by atoms with Crippen molar-refractivity contribution in [3.8, 4) is 11.3 Å². The number of rotatable bonds is 4. The number of hydrogen-bond donors (Lipinski definition) is 2. The molecule has 174 valence electrons. The average Bonchev–Trinajstić information content (AvgIpc) is 3.43. The Hall–Kier alpha value is -3.34. The van der Waals surface area contributed by atoms with Crippen molar-refractivity contribution in [2.45, 2.75) is 26.1 Å². The maximum absolute atomic E-state index is 13.5. The lowest BCUT2D eigenvalue weighted by molar-refractivity contribution is -0.0987. The van der Waals surface area contributed by atoms with E-state index in [1.165, 1.54) is 6.08 Å². The highest BCUT2D eigenvalue weighted by Gasteiger charge is 2.40. The first-order chi connectivity index (χ1) is 15.8. The molecule has 2 aliphatic rings. The van der Waals surface area contributed by atoms with Crippen molar-refractivity contribution in [3.05, 3.63) is 48.1 Å². The number of halogens is 3. The summed E-state index contributed by atoms with van der Waals surface area (Å²) in [5.41, 5.74) is 2.26. The van der Waals surface area contributed by atoms with Gasteiger partial charge < -0.3 is 19.9 Å². The summed E-state index contributed by atoms with van der Waals surface area (Å²) in [5.74, 6) is 0.527. The minimum atomic E-state index is -4.38. The van der Waals surface area contributed by atoms with Crippen molar-refractivity contribution in [2.75, 3.05) is 36.5 Å². The Bertz CT molecular complexity index is 1210. The number of hydrogen-bond acceptors (Lipinski definition) is 6. The van der Waals surface area contributed by atoms with E-state index in [0.29, 0.717) is 43.5 Å². The van der Waals surface area contributed by atoms with Gasteiger partial charge in [-0.15, -0.1) is 5.10 Å². The van der Waals surface area contributed by atoms with Crippen molar-refractivity contribution >= 4 is 17.3 Å². The summed E-state index contributed by atoms with van der Waals surface area (Å²) in [6, 6.07) is 1.40. The number of fused-ring (bicyclic) bond motifs is 1. The minimum absolute atomic E-state index is 0.560. The molecule has 4 heterocycles. The van der Waals surface area contributed by atoms with Gasteiger partial charge >= 0.3 is 6.18 Å². The Kier molecular flexibility index (Phi) is 5.35. The van der Waals surface area contributed by atoms with E-state index in [0.717, 1.165) is 23.2 Å². The summed E-state index contributed by atoms with van der Waals surface area (Å²) in [6.45, 7) is 5.98. The fourth-order valence-corrected chi connectivity index (χ4v) is 4.30. The molecule has 2 atom stereocenters. The Labute approximate surface area is 188 Å². The normalized spacial score (nSPS) is 21.5. The number of anilines is 2. The predicted molar refractivity (Wildman–Crippen MR) is 118 cm³/mol. The van der Waals surface area contributed by atoms with Crippen LogP contribution in [0.4, 0.5) is 24.8 Å². The summed E-state index contributed by atoms with van der Waals surface area (Å²) in [6.07, 6.45) is 3.24. The van der Waals surface area contributed by atoms with Crippen LogP contribution in [0.3, 0.4) is 0 Å². The van der Waals surface area contributed by atoms with Crippen LogP contribution in [0.15, 0.2) is 42.4 Å². The van der Waals surface area contributed by atoms with E-state index in [1.807, 2.05) is 13.0 Å². The topological polar surface area (TPSA) is 83.4 Å². The summed E-state index contributed by atoms with van der Waals surface area (Å²) in [7, 11) is 0. The molecule has 0 amide bonds. The Morgan fingerprint density at radius 2 is 2.03 bits per heavy atom. The largest absolute Gasteiger partial charge is 0.413 e. The van der Waals surface area contributed by atoms with Crippen LogP contribution in [0, 0.1) is 12.8 Å². The van der Waals surface area contributed by atoms with Gasteiger partial charge in [0, 0.05) is 30.1 Å². The van der Waals surface area contributed by atoms with E-state index in [4.69, 9.17) is 14.8 Å². The maximum atomic E-state index is 13.5. The smallest absolute Gasteiger partial charge is 0.378 e. The zero-order valence-corrected chi connectivity index (χ0v) is 18.2. The Balaban J connectivity index is 1.58. The van der Waals surface area contributed by atoms with Gasteiger partial charge in [0.2, 0.25) is 0 Å². The zero-order chi connectivity index (χ0) is 23.2. The number of morpholine rings is 1. The number of imidazole rings is 2. The standard InChI is InChI=1S/C22H24F3N7O/c1-13-16(22(23,24)25)4-3-5-17(13)29-20-14(2)28-21-15(18-11-26-12-27-18)10-19(30-32(20)21)31-6-8-33-9-7-31/h3-5,10-13,17,29H,6-9H2,1-2H3,(H,26,27). The summed E-state index contributed by atoms with van der Waals surface area (Å²) >= 11 is 0. The molecule has 8 nitrogen and oxygen atoms in total. The number of aromatic amines is 1. The third-order valence-corrected chi connectivity index (χ3v) is 6.12. The molecule has 0 bridgehead atoms. The van der Waals surface area contributed by atoms with Gasteiger partial charge in [0.25, 0.3) is 0 Å². The minimum Gasteiger partial charge on any atom is -0.378 e. The van der Waals surface area contributed by atoms with Gasteiger partial charge in [-0.25, -0.2) is 9.97 Å². The average molecular weight is 459 g/mol. The first kappa shape index (κ1) is 21.5. The van der Waals surface area contributed by atoms with Gasteiger partial charge in [-0.1, -0.05) is 25.2 Å². The van der Waals surface area contributed by atoms with E-state index >= 15 is 0 Å². The summed E-state index contributed by atoms with van der Waals surface area (Å²) in [5, 5.41) is 8.08. The molecule has 3 aromatic heterocycles. The van der Waals surface area contributed by atoms with E-state index < -0.39 is 23.7 Å². The van der Waals surface area contributed by atoms with Gasteiger partial charge in [0.1, 0.15) is 0 Å². The molecule has 33 heavy (non-hydrogen) atoms. The highest BCUT2D eigenvalue weighted by Crippen LogP contribution is 2.37. The number of ether oxygens (including phenoxy) is 1. The van der Waals surface area contributed by atoms with Crippen LogP contribution in [0.2, 0.25) is 0 Å². The molecule has 0 radical (unpaired) electrons. The molecule has 1 aliphatic heterocycles. The van der Waals surface area contributed by atoms with Crippen LogP contribution in [0.25, 0.3) is 16.9 Å². The SMILES string of the molecule is Cc1nc2c(-c3cnc[nH]3)cc(N3CCOCC3)nn2c1NC1C=CC=C(C(F)(F)F)C1C. The molecule has 0 spiro atoms. The van der Waals surface area contributed by atoms with Crippen LogP contribution >= 0.6 is 0 Å². The molecule has 1 fully saturated rings. The van der Waals surface area contributed by atoms with Crippen molar-refractivity contribution < 1.29 is 17.9 Å². The first-order valence-electron chi connectivity index (χ1n) is 10.8. The van der Waals surface area contributed by atoms with E-state index in [1.54, 1.807) is 30.0 Å². The fourth-order valence-electron chi connectivity index (χ4n) is 4.30. The van der Waals surface area contributed by atoms with Crippen molar-refractivity contribution in [2.24, 2.45) is 5.92 Å². The summed E-state index contributed by atoms with van der Waals surface area (Å²) in [4.78, 5) is 14.1. The zero-order valence-electron chi connectivity index (χ0n) is 18.2. The number of aryl methyl sites for hydroxylation is 1. The second-order valence-corrected chi connectivity index (χ2v) is 8.23. The lowest BCUT2D eigenvalue weighted by atomic mass is 9.88. The number of nitrogens with one attached hydrogen (secondary N) is 2. The summed E-state index contributed by atoms with van der Waals surface area (Å²) < 4.78 is 47.5. The molecule has 2 unspecified atom stereocenters. The third kappa shape index (κ3) is 3.97. The van der Waals surface area contributed by atoms with Crippen LogP contribution in [0.1, 0.15) is 12.6 Å². The fraction of sp³-hybridized carbons (Fsp3) is 0.409. The molecule has 5 rings (SSSR count). The second kappa shape index (κ2) is 8.22. The molecule has 1 aliphatic carbocycles. The molecule has 1 saturated heterocycles. The molecule has 11 heteroatoms. The molecular formula is C22H24F3N7O. The van der Waals surface area contributed by atoms with Crippen molar-refractivity contribution in [3.63, 3.8) is 0 Å². The molecule has 3 aromatic rings. The predicted octanol–water partition coefficient (Wildman–Crippen LogP) is 3.74. The number of alkyl halides is 3. The molecular weight excluding hydrogens is 435 g/mol. The van der Waals surface area contributed by atoms with Crippen LogP contribution in [-0.2, 0) is 4.74 Å². The number of aromatic nitrogens is 5. The molecule has 0 saturated carbocycles. The first-order valence-corrected chi connectivity index (χ1v) is 10.8. The monoisotopic (exact) mass is 459 g/mol. The van der Waals surface area contributed by atoms with Gasteiger partial charge in [-0.05, 0) is 13.0 Å². The number of H-pyrrole nitrogens is 1. The van der Waals surface area contributed by atoms with Gasteiger partial charge in [0.05, 0.1) is 43.2 Å². The van der Waals surface area contributed by atoms with Crippen molar-refractivity contribution in [1.82, 2.24) is 24.6 Å². The Morgan fingerprint density at radius 3 is 2.73 bits per heavy atom. The van der Waals surface area contributed by atoms with Crippen molar-refractivity contribution in [1.29, 1.82) is 0 Å². The van der Waals surface area contributed by atoms with E-state index in [9.17, 15) is 13.2 Å². The lowest BCUT2D eigenvalue weighted by Crippen LogP contribution is -2.37. The molecule has 0 aromatic carbocycles. The number of nitrogens with zero attached hydrogens (tertiary/aromatic N) is 5. The maximum Gasteiger partial charge on any atom is 0.413 e. The van der Waals surface area contributed by atoms with Gasteiger partial charge in [-0.2, -0.15) is 17.7 Å². The van der Waals surface area contributed by atoms with E-state index in [2.05, 4.69) is 20.2 Å². The van der Waals surface area contributed by atoms with Crippen LogP contribution in [0.5, 0.6) is 0 Å². The lowest BCUT2D eigenvalue weighted by Gasteiger charge is -2.29. The van der Waals surface area contributed by atoms with E-state index in [-0.39, 0.29) is 0 Å². The van der Waals surface area contributed by atoms with Gasteiger partial charge in [-0.3, -0.25) is 0 Å². The Morgan fingerprint density at radius 1 is 1.24 bits per heavy atom. The molecule has 2 N–H and O–H groups in total. The highest BCUT2D eigenvalue weighted by molar-refractivity contribution is 5.79. The van der Waals surface area contributed by atoms with Crippen LogP contribution in [-0.4, -0.2) is 63.1 Å². The third-order valence-electron chi connectivity index (χ3n) is 6.12. The second-order valence-electron chi connectivity index (χ2n) is 8.23. The quantitative estimate of drug-likeness (QED) is 0.619.